The minimum Gasteiger partial charge on any atom is -0.467 e. The number of furan rings is 1. The van der Waals surface area contributed by atoms with Crippen molar-refractivity contribution in [1.82, 2.24) is 14.2 Å². The molecule has 1 aromatic carbocycles. The molecular weight excluding hydrogens is 378 g/mol. The molecule has 0 aliphatic carbocycles. The van der Waals surface area contributed by atoms with Crippen LogP contribution in [0.1, 0.15) is 21.7 Å². The number of nitrogens with zero attached hydrogens (tertiary/aromatic N) is 3. The van der Waals surface area contributed by atoms with E-state index in [0.29, 0.717) is 24.4 Å². The summed E-state index contributed by atoms with van der Waals surface area (Å²) in [6.45, 7) is 0.642. The minimum atomic E-state index is -3.54. The SMILES string of the molecule is CN(C)S(=O)(=O)c1ccc(C(=O)N(Cc2cccnc2)Cc2ccco2)cc1. The van der Waals surface area contributed by atoms with Gasteiger partial charge in [0.1, 0.15) is 5.76 Å². The van der Waals surface area contributed by atoms with Gasteiger partial charge in [0.25, 0.3) is 5.91 Å². The van der Waals surface area contributed by atoms with Gasteiger partial charge in [0.05, 0.1) is 17.7 Å². The number of hydrogen-bond acceptors (Lipinski definition) is 5. The van der Waals surface area contributed by atoms with Crippen LogP contribution >= 0.6 is 0 Å². The molecule has 2 aromatic heterocycles. The molecule has 0 unspecified atom stereocenters. The van der Waals surface area contributed by atoms with Crippen LogP contribution in [0.25, 0.3) is 0 Å². The number of pyridine rings is 1. The van der Waals surface area contributed by atoms with Gasteiger partial charge < -0.3 is 9.32 Å². The molecular formula is C20H21N3O4S. The van der Waals surface area contributed by atoms with E-state index in [2.05, 4.69) is 4.98 Å². The van der Waals surface area contributed by atoms with Gasteiger partial charge in [-0.25, -0.2) is 12.7 Å². The second-order valence-corrected chi connectivity index (χ2v) is 8.57. The lowest BCUT2D eigenvalue weighted by atomic mass is 10.1. The molecule has 146 valence electrons. The Hall–Kier alpha value is -2.97. The molecule has 0 spiro atoms. The van der Waals surface area contributed by atoms with Crippen LogP contribution in [-0.2, 0) is 23.1 Å². The lowest BCUT2D eigenvalue weighted by Crippen LogP contribution is -2.30. The number of carbonyl (C=O) groups excluding carboxylic acids is 1. The predicted molar refractivity (Wildman–Crippen MR) is 104 cm³/mol. The Kier molecular flexibility index (Phi) is 5.91. The Morgan fingerprint density at radius 3 is 2.36 bits per heavy atom. The fraction of sp³-hybridized carbons (Fsp3) is 0.200. The molecule has 0 fully saturated rings. The van der Waals surface area contributed by atoms with E-state index in [0.717, 1.165) is 9.87 Å². The molecule has 0 N–H and O–H groups in total. The Balaban J connectivity index is 1.86. The largest absolute Gasteiger partial charge is 0.467 e. The van der Waals surface area contributed by atoms with E-state index in [1.165, 1.54) is 38.4 Å². The number of amides is 1. The molecule has 1 amide bonds. The molecule has 28 heavy (non-hydrogen) atoms. The monoisotopic (exact) mass is 399 g/mol. The maximum absolute atomic E-state index is 13.1. The molecule has 0 aliphatic rings. The highest BCUT2D eigenvalue weighted by Crippen LogP contribution is 2.18. The average Bonchev–Trinajstić information content (AvgIpc) is 3.21. The van der Waals surface area contributed by atoms with Crippen molar-refractivity contribution in [1.29, 1.82) is 0 Å². The van der Waals surface area contributed by atoms with Crippen LogP contribution in [0.4, 0.5) is 0 Å². The number of rotatable bonds is 7. The molecule has 7 nitrogen and oxygen atoms in total. The van der Waals surface area contributed by atoms with Crippen molar-refractivity contribution in [3.8, 4) is 0 Å². The summed E-state index contributed by atoms with van der Waals surface area (Å²) in [6, 6.07) is 13.2. The van der Waals surface area contributed by atoms with Crippen LogP contribution in [0, 0.1) is 0 Å². The topological polar surface area (TPSA) is 83.7 Å². The summed E-state index contributed by atoms with van der Waals surface area (Å²) >= 11 is 0. The number of hydrogen-bond donors (Lipinski definition) is 0. The van der Waals surface area contributed by atoms with Gasteiger partial charge in [0, 0.05) is 38.6 Å². The van der Waals surface area contributed by atoms with Gasteiger partial charge >= 0.3 is 0 Å². The van der Waals surface area contributed by atoms with Gasteiger partial charge in [-0.1, -0.05) is 6.07 Å². The van der Waals surface area contributed by atoms with Crippen molar-refractivity contribution in [3.05, 3.63) is 84.1 Å². The summed E-state index contributed by atoms with van der Waals surface area (Å²) in [6.07, 6.45) is 4.93. The lowest BCUT2D eigenvalue weighted by Gasteiger charge is -2.22. The first kappa shape index (κ1) is 19.8. The third-order valence-electron chi connectivity index (χ3n) is 4.19. The smallest absolute Gasteiger partial charge is 0.254 e. The van der Waals surface area contributed by atoms with Crippen molar-refractivity contribution < 1.29 is 17.6 Å². The van der Waals surface area contributed by atoms with Gasteiger partial charge in [0.15, 0.2) is 0 Å². The van der Waals surface area contributed by atoms with Gasteiger partial charge in [-0.15, -0.1) is 0 Å². The first-order valence-corrected chi connectivity index (χ1v) is 10.0. The molecule has 0 atom stereocenters. The average molecular weight is 399 g/mol. The van der Waals surface area contributed by atoms with E-state index in [9.17, 15) is 13.2 Å². The summed E-state index contributed by atoms with van der Waals surface area (Å²) in [5, 5.41) is 0. The first-order chi connectivity index (χ1) is 13.4. The molecule has 0 aliphatic heterocycles. The van der Waals surface area contributed by atoms with Crippen molar-refractivity contribution in [2.75, 3.05) is 14.1 Å². The first-order valence-electron chi connectivity index (χ1n) is 8.61. The molecule has 0 saturated heterocycles. The summed E-state index contributed by atoms with van der Waals surface area (Å²) in [7, 11) is -0.613. The quantitative estimate of drug-likeness (QED) is 0.610. The van der Waals surface area contributed by atoms with E-state index < -0.39 is 10.0 Å². The highest BCUT2D eigenvalue weighted by molar-refractivity contribution is 7.89. The molecule has 3 rings (SSSR count). The van der Waals surface area contributed by atoms with Crippen LogP contribution in [-0.4, -0.2) is 42.6 Å². The third kappa shape index (κ3) is 4.47. The number of benzene rings is 1. The van der Waals surface area contributed by atoms with Gasteiger partial charge in [-0.2, -0.15) is 0 Å². The highest BCUT2D eigenvalue weighted by atomic mass is 32.2. The standard InChI is InChI=1S/C20H21N3O4S/c1-22(2)28(25,26)19-9-7-17(8-10-19)20(24)23(15-18-6-4-12-27-18)14-16-5-3-11-21-13-16/h3-13H,14-15H2,1-2H3. The molecule has 2 heterocycles. The second kappa shape index (κ2) is 8.37. The maximum Gasteiger partial charge on any atom is 0.254 e. The van der Waals surface area contributed by atoms with E-state index in [1.807, 2.05) is 12.1 Å². The molecule has 0 radical (unpaired) electrons. The summed E-state index contributed by atoms with van der Waals surface area (Å²) in [5.74, 6) is 0.429. The third-order valence-corrected chi connectivity index (χ3v) is 6.02. The van der Waals surface area contributed by atoms with E-state index in [1.54, 1.807) is 35.7 Å². The fourth-order valence-electron chi connectivity index (χ4n) is 2.67. The number of carbonyl (C=O) groups is 1. The number of sulfonamides is 1. The van der Waals surface area contributed by atoms with Gasteiger partial charge in [0.2, 0.25) is 10.0 Å². The van der Waals surface area contributed by atoms with Crippen LogP contribution in [0.2, 0.25) is 0 Å². The van der Waals surface area contributed by atoms with E-state index in [4.69, 9.17) is 4.42 Å². The van der Waals surface area contributed by atoms with Gasteiger partial charge in [-0.3, -0.25) is 9.78 Å². The molecule has 3 aromatic rings. The molecule has 0 saturated carbocycles. The molecule has 8 heteroatoms. The zero-order valence-corrected chi connectivity index (χ0v) is 16.5. The highest BCUT2D eigenvalue weighted by Gasteiger charge is 2.21. The predicted octanol–water partition coefficient (Wildman–Crippen LogP) is 2.77. The molecule has 0 bridgehead atoms. The second-order valence-electron chi connectivity index (χ2n) is 6.41. The van der Waals surface area contributed by atoms with Gasteiger partial charge in [-0.05, 0) is 48.0 Å². The Morgan fingerprint density at radius 1 is 1.04 bits per heavy atom. The summed E-state index contributed by atoms with van der Waals surface area (Å²) in [5.41, 5.74) is 1.28. The lowest BCUT2D eigenvalue weighted by molar-refractivity contribution is 0.0717. The van der Waals surface area contributed by atoms with Crippen molar-refractivity contribution in [3.63, 3.8) is 0 Å². The Labute approximate surface area is 164 Å². The maximum atomic E-state index is 13.1. The Bertz CT molecular complexity index is 1020. The van der Waals surface area contributed by atoms with Crippen LogP contribution in [0.5, 0.6) is 0 Å². The van der Waals surface area contributed by atoms with E-state index in [-0.39, 0.29) is 10.8 Å². The van der Waals surface area contributed by atoms with Crippen molar-refractivity contribution >= 4 is 15.9 Å². The van der Waals surface area contributed by atoms with Crippen molar-refractivity contribution in [2.24, 2.45) is 0 Å². The number of aromatic nitrogens is 1. The summed E-state index contributed by atoms with van der Waals surface area (Å²) in [4.78, 5) is 18.9. The van der Waals surface area contributed by atoms with E-state index >= 15 is 0 Å². The normalized spacial score (nSPS) is 11.5. The van der Waals surface area contributed by atoms with Crippen LogP contribution in [0.3, 0.4) is 0 Å². The van der Waals surface area contributed by atoms with Crippen LogP contribution < -0.4 is 0 Å². The minimum absolute atomic E-state index is 0.138. The zero-order valence-electron chi connectivity index (χ0n) is 15.6. The van der Waals surface area contributed by atoms with Crippen LogP contribution in [0.15, 0.2) is 76.5 Å². The Morgan fingerprint density at radius 2 is 1.79 bits per heavy atom. The fourth-order valence-corrected chi connectivity index (χ4v) is 3.57. The zero-order chi connectivity index (χ0) is 20.1. The van der Waals surface area contributed by atoms with Crippen molar-refractivity contribution in [2.45, 2.75) is 18.0 Å². The summed E-state index contributed by atoms with van der Waals surface area (Å²) < 4.78 is 30.9.